The lowest BCUT2D eigenvalue weighted by molar-refractivity contribution is 0.101. The zero-order valence-corrected chi connectivity index (χ0v) is 19.6. The Hall–Kier alpha value is -4.24. The predicted molar refractivity (Wildman–Crippen MR) is 143 cm³/mol. The molecule has 0 bridgehead atoms. The first kappa shape index (κ1) is 22.9. The molecule has 0 amide bonds. The largest absolute Gasteiger partial charge is 0.381 e. The van der Waals surface area contributed by atoms with Crippen molar-refractivity contribution in [3.8, 4) is 11.1 Å². The van der Waals surface area contributed by atoms with Gasteiger partial charge >= 0.3 is 0 Å². The highest BCUT2D eigenvalue weighted by Crippen LogP contribution is 2.35. The Kier molecular flexibility index (Phi) is 7.14. The van der Waals surface area contributed by atoms with Crippen molar-refractivity contribution in [2.75, 3.05) is 0 Å². The minimum atomic E-state index is 0.0416. The first-order valence-corrected chi connectivity index (χ1v) is 11.3. The van der Waals surface area contributed by atoms with Crippen LogP contribution in [0.1, 0.15) is 40.9 Å². The number of rotatable bonds is 8. The highest BCUT2D eigenvalue weighted by Gasteiger charge is 2.14. The van der Waals surface area contributed by atoms with Crippen molar-refractivity contribution < 1.29 is 4.79 Å². The lowest BCUT2D eigenvalue weighted by Crippen LogP contribution is -2.12. The highest BCUT2D eigenvalue weighted by atomic mass is 16.1. The number of carbonyl (C=O) groups excluding carboxylic acids is 1. The maximum Gasteiger partial charge on any atom is 0.159 e. The van der Waals surface area contributed by atoms with Crippen molar-refractivity contribution >= 4 is 22.9 Å². The van der Waals surface area contributed by atoms with Crippen LogP contribution in [0.5, 0.6) is 0 Å². The normalized spacial score (nSPS) is 11.2. The summed E-state index contributed by atoms with van der Waals surface area (Å²) in [7, 11) is 0. The molecule has 4 aromatic rings. The molecule has 1 N–H and O–H groups in total. The molecule has 0 saturated carbocycles. The van der Waals surface area contributed by atoms with Gasteiger partial charge in [-0.2, -0.15) is 0 Å². The molecule has 0 aromatic heterocycles. The molecule has 3 heteroatoms. The fourth-order valence-electron chi connectivity index (χ4n) is 3.91. The molecule has 0 spiro atoms. The Morgan fingerprint density at radius 1 is 0.794 bits per heavy atom. The fourth-order valence-corrected chi connectivity index (χ4v) is 3.91. The topological polar surface area (TPSA) is 41.5 Å². The van der Waals surface area contributed by atoms with Crippen molar-refractivity contribution in [3.63, 3.8) is 0 Å². The number of Topliss-reactive ketones (excluding diaryl/α,β-unsaturated/α-hetero) is 1. The Morgan fingerprint density at radius 2 is 1.44 bits per heavy atom. The van der Waals surface area contributed by atoms with E-state index in [0.29, 0.717) is 12.1 Å². The van der Waals surface area contributed by atoms with Gasteiger partial charge in [-0.1, -0.05) is 97.6 Å². The van der Waals surface area contributed by atoms with E-state index in [1.807, 2.05) is 79.7 Å². The third-order valence-electron chi connectivity index (χ3n) is 5.75. The summed E-state index contributed by atoms with van der Waals surface area (Å²) in [5.74, 6) is 0.0416. The maximum absolute atomic E-state index is 11.9. The average Bonchev–Trinajstić information content (AvgIpc) is 2.88. The van der Waals surface area contributed by atoms with E-state index in [1.54, 1.807) is 6.92 Å². The number of hydrogen-bond acceptors (Lipinski definition) is 3. The van der Waals surface area contributed by atoms with Gasteiger partial charge < -0.3 is 5.32 Å². The van der Waals surface area contributed by atoms with Crippen molar-refractivity contribution in [1.29, 1.82) is 0 Å². The van der Waals surface area contributed by atoms with E-state index >= 15 is 0 Å². The molecule has 0 heterocycles. The molecule has 0 unspecified atom stereocenters. The second-order valence-corrected chi connectivity index (χ2v) is 8.22. The van der Waals surface area contributed by atoms with E-state index in [2.05, 4.69) is 42.2 Å². The van der Waals surface area contributed by atoms with Gasteiger partial charge in [-0.15, -0.1) is 0 Å². The third-order valence-corrected chi connectivity index (χ3v) is 5.75. The van der Waals surface area contributed by atoms with Gasteiger partial charge in [0.2, 0.25) is 0 Å². The van der Waals surface area contributed by atoms with Gasteiger partial charge in [0.05, 0.1) is 5.69 Å². The van der Waals surface area contributed by atoms with Crippen molar-refractivity contribution in [3.05, 3.63) is 132 Å². The van der Waals surface area contributed by atoms with Gasteiger partial charge in [0.1, 0.15) is 0 Å². The van der Waals surface area contributed by atoms with Crippen LogP contribution in [0.15, 0.2) is 115 Å². The molecule has 0 radical (unpaired) electrons. The summed E-state index contributed by atoms with van der Waals surface area (Å²) in [6.07, 6.45) is 0. The van der Waals surface area contributed by atoms with E-state index in [0.717, 1.165) is 39.3 Å². The summed E-state index contributed by atoms with van der Waals surface area (Å²) in [5, 5.41) is 3.49. The molecule has 0 aliphatic rings. The highest BCUT2D eigenvalue weighted by molar-refractivity contribution is 6.04. The lowest BCUT2D eigenvalue weighted by atomic mass is 9.96. The number of aliphatic imine (C=N–C) groups is 1. The Balaban J connectivity index is 1.76. The molecule has 4 aromatic carbocycles. The fraction of sp³-hybridized carbons (Fsp3) is 0.0968. The minimum absolute atomic E-state index is 0.0416. The van der Waals surface area contributed by atoms with Crippen LogP contribution in [0.2, 0.25) is 0 Å². The molecule has 0 fully saturated rings. The van der Waals surface area contributed by atoms with Crippen LogP contribution in [-0.4, -0.2) is 11.5 Å². The first-order valence-electron chi connectivity index (χ1n) is 11.3. The molecular weight excluding hydrogens is 416 g/mol. The summed E-state index contributed by atoms with van der Waals surface area (Å²) in [6, 6.07) is 34.3. The van der Waals surface area contributed by atoms with E-state index in [9.17, 15) is 4.79 Å². The summed E-state index contributed by atoms with van der Waals surface area (Å²) < 4.78 is 0. The number of nitrogens with one attached hydrogen (secondary N) is 1. The van der Waals surface area contributed by atoms with Gasteiger partial charge in [-0.05, 0) is 48.2 Å². The van der Waals surface area contributed by atoms with Gasteiger partial charge in [0.25, 0.3) is 0 Å². The van der Waals surface area contributed by atoms with Crippen LogP contribution in [0.4, 0.5) is 5.69 Å². The van der Waals surface area contributed by atoms with E-state index in [-0.39, 0.29) is 5.78 Å². The quantitative estimate of drug-likeness (QED) is 0.226. The van der Waals surface area contributed by atoms with Gasteiger partial charge in [-0.25, -0.2) is 0 Å². The van der Waals surface area contributed by atoms with Crippen molar-refractivity contribution in [2.24, 2.45) is 4.99 Å². The average molecular weight is 445 g/mol. The number of ketones is 1. The smallest absolute Gasteiger partial charge is 0.159 e. The number of benzene rings is 4. The van der Waals surface area contributed by atoms with E-state index < -0.39 is 0 Å². The van der Waals surface area contributed by atoms with Crippen LogP contribution >= 0.6 is 0 Å². The summed E-state index contributed by atoms with van der Waals surface area (Å²) in [4.78, 5) is 16.8. The van der Waals surface area contributed by atoms with Crippen LogP contribution in [0, 0.1) is 0 Å². The third kappa shape index (κ3) is 5.38. The zero-order chi connectivity index (χ0) is 23.9. The zero-order valence-electron chi connectivity index (χ0n) is 19.6. The SMILES string of the molecule is C=C(NCc1ccccc1)c1c(N=C(C)c2cccc(C(C)=O)c2)cccc1-c1ccccc1. The molecule has 4 rings (SSSR count). The second-order valence-electron chi connectivity index (χ2n) is 8.22. The van der Waals surface area contributed by atoms with Crippen LogP contribution in [0.25, 0.3) is 16.8 Å². The molecule has 0 aliphatic carbocycles. The predicted octanol–water partition coefficient (Wildman–Crippen LogP) is 7.46. The van der Waals surface area contributed by atoms with E-state index in [4.69, 9.17) is 4.99 Å². The van der Waals surface area contributed by atoms with Crippen LogP contribution in [-0.2, 0) is 6.54 Å². The number of nitrogens with zero attached hydrogens (tertiary/aromatic N) is 1. The lowest BCUT2D eigenvalue weighted by Gasteiger charge is -2.17. The summed E-state index contributed by atoms with van der Waals surface area (Å²) in [6.45, 7) is 8.60. The van der Waals surface area contributed by atoms with Crippen LogP contribution < -0.4 is 5.32 Å². The molecule has 0 aliphatic heterocycles. The molecule has 3 nitrogen and oxygen atoms in total. The standard InChI is InChI=1S/C31H28N2O/c1-22(27-16-10-17-28(20-27)24(3)34)33-30-19-11-18-29(26-14-8-5-9-15-26)31(30)23(2)32-21-25-12-6-4-7-13-25/h4-20,32H,2,21H2,1,3H3. The number of hydrogen-bond donors (Lipinski definition) is 1. The Morgan fingerprint density at radius 3 is 2.15 bits per heavy atom. The van der Waals surface area contributed by atoms with Crippen LogP contribution in [0.3, 0.4) is 0 Å². The Labute approximate surface area is 201 Å². The molecule has 34 heavy (non-hydrogen) atoms. The number of carbonyl (C=O) groups is 1. The Bertz CT molecular complexity index is 1340. The van der Waals surface area contributed by atoms with Gasteiger partial charge in [0, 0.05) is 29.1 Å². The second kappa shape index (κ2) is 10.6. The molecular formula is C31H28N2O. The van der Waals surface area contributed by atoms with E-state index in [1.165, 1.54) is 5.56 Å². The summed E-state index contributed by atoms with van der Waals surface area (Å²) >= 11 is 0. The van der Waals surface area contributed by atoms with Crippen molar-refractivity contribution in [2.45, 2.75) is 20.4 Å². The monoisotopic (exact) mass is 444 g/mol. The summed E-state index contributed by atoms with van der Waals surface area (Å²) in [5.41, 5.74) is 8.40. The first-order chi connectivity index (χ1) is 16.5. The van der Waals surface area contributed by atoms with Gasteiger partial charge in [0.15, 0.2) is 5.78 Å². The molecule has 0 saturated heterocycles. The van der Waals surface area contributed by atoms with Gasteiger partial charge in [-0.3, -0.25) is 9.79 Å². The maximum atomic E-state index is 11.9. The molecule has 0 atom stereocenters. The minimum Gasteiger partial charge on any atom is -0.381 e. The van der Waals surface area contributed by atoms with Crippen molar-refractivity contribution in [1.82, 2.24) is 5.32 Å². The molecule has 168 valence electrons.